The zero-order valence-electron chi connectivity index (χ0n) is 19.0. The molecule has 2 rings (SSSR count). The van der Waals surface area contributed by atoms with E-state index < -0.39 is 9.84 Å². The van der Waals surface area contributed by atoms with Gasteiger partial charge in [-0.05, 0) is 50.6 Å². The summed E-state index contributed by atoms with van der Waals surface area (Å²) in [7, 11) is -1.32. The zero-order valence-corrected chi connectivity index (χ0v) is 19.8. The summed E-state index contributed by atoms with van der Waals surface area (Å²) in [5.41, 5.74) is 2.35. The van der Waals surface area contributed by atoms with E-state index in [2.05, 4.69) is 38.1 Å². The van der Waals surface area contributed by atoms with Crippen LogP contribution in [-0.4, -0.2) is 63.7 Å². The van der Waals surface area contributed by atoms with Crippen LogP contribution >= 0.6 is 0 Å². The fourth-order valence-corrected chi connectivity index (χ4v) is 3.86. The Morgan fingerprint density at radius 1 is 1.06 bits per heavy atom. The predicted molar refractivity (Wildman–Crippen MR) is 124 cm³/mol. The number of hydrogen-bond donors (Lipinski definition) is 0. The largest absolute Gasteiger partial charge is 0.494 e. The molecule has 7 heteroatoms. The number of sulfone groups is 1. The topological polar surface area (TPSA) is 66.9 Å². The Kier molecular flexibility index (Phi) is 9.52. The maximum atomic E-state index is 12.8. The normalized spacial score (nSPS) is 11.5. The molecule has 0 saturated carbocycles. The molecule has 2 aromatic rings. The molecule has 0 spiro atoms. The molecule has 0 atom stereocenters. The summed E-state index contributed by atoms with van der Waals surface area (Å²) in [4.78, 5) is 17.0. The van der Waals surface area contributed by atoms with Crippen molar-refractivity contribution in [2.45, 2.75) is 38.1 Å². The van der Waals surface area contributed by atoms with Crippen LogP contribution in [0.5, 0.6) is 5.75 Å². The molecular weight excluding hydrogens is 412 g/mol. The van der Waals surface area contributed by atoms with E-state index >= 15 is 0 Å². The average molecular weight is 447 g/mol. The van der Waals surface area contributed by atoms with Crippen LogP contribution in [0, 0.1) is 6.92 Å². The second-order valence-electron chi connectivity index (χ2n) is 7.99. The molecule has 0 aliphatic carbocycles. The lowest BCUT2D eigenvalue weighted by Gasteiger charge is -2.25. The minimum absolute atomic E-state index is 0.117. The van der Waals surface area contributed by atoms with Crippen molar-refractivity contribution in [2.75, 3.05) is 39.5 Å². The number of nitrogens with zero attached hydrogens (tertiary/aromatic N) is 2. The molecule has 6 nitrogen and oxygen atoms in total. The highest BCUT2D eigenvalue weighted by Crippen LogP contribution is 2.17. The van der Waals surface area contributed by atoms with E-state index in [9.17, 15) is 13.2 Å². The number of aryl methyl sites for hydroxylation is 1. The van der Waals surface area contributed by atoms with Gasteiger partial charge in [0.05, 0.1) is 18.0 Å². The quantitative estimate of drug-likeness (QED) is 0.467. The van der Waals surface area contributed by atoms with Crippen molar-refractivity contribution >= 4 is 15.7 Å². The monoisotopic (exact) mass is 446 g/mol. The Hall–Kier alpha value is -2.38. The maximum Gasteiger partial charge on any atom is 0.237 e. The van der Waals surface area contributed by atoms with Crippen molar-refractivity contribution < 1.29 is 17.9 Å². The first kappa shape index (κ1) is 24.9. The number of ether oxygens (including phenoxy) is 1. The molecule has 0 fully saturated rings. The van der Waals surface area contributed by atoms with Crippen molar-refractivity contribution in [2.24, 2.45) is 0 Å². The Morgan fingerprint density at radius 2 is 1.77 bits per heavy atom. The van der Waals surface area contributed by atoms with Gasteiger partial charge in [-0.2, -0.15) is 0 Å². The maximum absolute atomic E-state index is 12.8. The zero-order chi connectivity index (χ0) is 22.9. The van der Waals surface area contributed by atoms with Gasteiger partial charge in [-0.15, -0.1) is 0 Å². The van der Waals surface area contributed by atoms with Gasteiger partial charge in [0.25, 0.3) is 0 Å². The smallest absolute Gasteiger partial charge is 0.237 e. The van der Waals surface area contributed by atoms with Gasteiger partial charge in [0.2, 0.25) is 5.91 Å². The van der Waals surface area contributed by atoms with E-state index in [1.807, 2.05) is 16.8 Å². The van der Waals surface area contributed by atoms with Crippen molar-refractivity contribution in [3.8, 4) is 5.75 Å². The standard InChI is InChI=1S/C24H34N2O4S/c1-5-14-26(18-21-12-10-20(2)11-13-21)24(27)19-25(3)15-7-16-30-22-8-6-9-23(17-22)31(4,28)29/h6,8-13,17H,5,7,14-16,18-19H2,1-4H3. The molecule has 2 aromatic carbocycles. The van der Waals surface area contributed by atoms with Crippen LogP contribution in [0.2, 0.25) is 0 Å². The minimum atomic E-state index is -3.25. The van der Waals surface area contributed by atoms with Gasteiger partial charge in [-0.25, -0.2) is 8.42 Å². The molecule has 0 unspecified atom stereocenters. The van der Waals surface area contributed by atoms with Crippen molar-refractivity contribution in [3.63, 3.8) is 0 Å². The molecule has 0 aliphatic rings. The molecule has 0 radical (unpaired) electrons. The third kappa shape index (κ3) is 8.71. The molecule has 1 amide bonds. The first-order valence-electron chi connectivity index (χ1n) is 10.6. The first-order chi connectivity index (χ1) is 14.7. The number of amides is 1. The van der Waals surface area contributed by atoms with E-state index in [0.29, 0.717) is 32.0 Å². The highest BCUT2D eigenvalue weighted by atomic mass is 32.2. The highest BCUT2D eigenvalue weighted by molar-refractivity contribution is 7.90. The van der Waals surface area contributed by atoms with Crippen LogP contribution in [0.4, 0.5) is 0 Å². The Labute approximate surface area is 186 Å². The number of carbonyl (C=O) groups excluding carboxylic acids is 1. The second-order valence-corrected chi connectivity index (χ2v) is 10.0. The molecule has 170 valence electrons. The Balaban J connectivity index is 1.79. The SMILES string of the molecule is CCCN(Cc1ccc(C)cc1)C(=O)CN(C)CCCOc1cccc(S(C)(=O)=O)c1. The van der Waals surface area contributed by atoms with Crippen molar-refractivity contribution in [3.05, 3.63) is 59.7 Å². The van der Waals surface area contributed by atoms with Gasteiger partial charge >= 0.3 is 0 Å². The van der Waals surface area contributed by atoms with Crippen LogP contribution < -0.4 is 4.74 Å². The molecule has 0 saturated heterocycles. The van der Waals surface area contributed by atoms with Crippen LogP contribution in [0.15, 0.2) is 53.4 Å². The third-order valence-electron chi connectivity index (χ3n) is 4.93. The summed E-state index contributed by atoms with van der Waals surface area (Å²) in [5.74, 6) is 0.653. The lowest BCUT2D eigenvalue weighted by atomic mass is 10.1. The molecule has 0 bridgehead atoms. The van der Waals surface area contributed by atoms with Gasteiger partial charge in [-0.1, -0.05) is 42.8 Å². The van der Waals surface area contributed by atoms with E-state index in [0.717, 1.165) is 24.9 Å². The van der Waals surface area contributed by atoms with E-state index in [1.165, 1.54) is 17.9 Å². The third-order valence-corrected chi connectivity index (χ3v) is 6.04. The molecule has 0 N–H and O–H groups in total. The molecule has 0 heterocycles. The van der Waals surface area contributed by atoms with E-state index in [-0.39, 0.29) is 10.8 Å². The fraction of sp³-hybridized carbons (Fsp3) is 0.458. The molecule has 0 aromatic heterocycles. The number of hydrogen-bond acceptors (Lipinski definition) is 5. The average Bonchev–Trinajstić information content (AvgIpc) is 2.72. The van der Waals surface area contributed by atoms with E-state index in [1.54, 1.807) is 18.2 Å². The first-order valence-corrected chi connectivity index (χ1v) is 12.5. The summed E-state index contributed by atoms with van der Waals surface area (Å²) >= 11 is 0. The van der Waals surface area contributed by atoms with Gasteiger partial charge in [0.1, 0.15) is 5.75 Å². The second kappa shape index (κ2) is 11.9. The summed E-state index contributed by atoms with van der Waals surface area (Å²) < 4.78 is 29.0. The summed E-state index contributed by atoms with van der Waals surface area (Å²) in [6, 6.07) is 14.8. The van der Waals surface area contributed by atoms with Crippen molar-refractivity contribution in [1.82, 2.24) is 9.80 Å². The lowest BCUT2D eigenvalue weighted by Crippen LogP contribution is -2.39. The molecular formula is C24H34N2O4S. The van der Waals surface area contributed by atoms with Gasteiger partial charge < -0.3 is 9.64 Å². The fourth-order valence-electron chi connectivity index (χ4n) is 3.20. The Morgan fingerprint density at radius 3 is 2.42 bits per heavy atom. The molecule has 31 heavy (non-hydrogen) atoms. The minimum Gasteiger partial charge on any atom is -0.494 e. The van der Waals surface area contributed by atoms with Crippen LogP contribution in [0.1, 0.15) is 30.9 Å². The lowest BCUT2D eigenvalue weighted by molar-refractivity contribution is -0.132. The van der Waals surface area contributed by atoms with Gasteiger partial charge in [0, 0.05) is 25.9 Å². The van der Waals surface area contributed by atoms with E-state index in [4.69, 9.17) is 4.74 Å². The van der Waals surface area contributed by atoms with Crippen molar-refractivity contribution in [1.29, 1.82) is 0 Å². The number of benzene rings is 2. The summed E-state index contributed by atoms with van der Waals surface area (Å²) in [5, 5.41) is 0. The molecule has 0 aliphatic heterocycles. The number of carbonyl (C=O) groups is 1. The van der Waals surface area contributed by atoms with Crippen LogP contribution in [-0.2, 0) is 21.2 Å². The van der Waals surface area contributed by atoms with Crippen LogP contribution in [0.25, 0.3) is 0 Å². The van der Waals surface area contributed by atoms with Gasteiger partial charge in [0.15, 0.2) is 9.84 Å². The summed E-state index contributed by atoms with van der Waals surface area (Å²) in [6.07, 6.45) is 2.83. The number of rotatable bonds is 12. The predicted octanol–water partition coefficient (Wildman–Crippen LogP) is 3.54. The Bertz CT molecular complexity index is 942. The number of likely N-dealkylation sites (N-methyl/N-ethyl adjacent to an activating group) is 1. The van der Waals surface area contributed by atoms with Crippen LogP contribution in [0.3, 0.4) is 0 Å². The van der Waals surface area contributed by atoms with Gasteiger partial charge in [-0.3, -0.25) is 9.69 Å². The summed E-state index contributed by atoms with van der Waals surface area (Å²) in [6.45, 7) is 7.02. The highest BCUT2D eigenvalue weighted by Gasteiger charge is 2.15.